The monoisotopic (exact) mass is 883 g/mol. The first-order valence-corrected chi connectivity index (χ1v) is 15.3. The Balaban J connectivity index is 0.000000464. The number of halogens is 23. The molecule has 0 bridgehead atoms. The van der Waals surface area contributed by atoms with Gasteiger partial charge in [0.2, 0.25) is 0 Å². The van der Waals surface area contributed by atoms with Gasteiger partial charge in [0, 0.05) is 5.56 Å². The van der Waals surface area contributed by atoms with E-state index in [0.29, 0.717) is 11.4 Å². The molecule has 1 unspecified atom stereocenters. The van der Waals surface area contributed by atoms with Gasteiger partial charge >= 0.3 is 6.18 Å². The van der Waals surface area contributed by atoms with E-state index in [1.54, 1.807) is 7.05 Å². The SMILES string of the molecule is C[NH+](Cc1ccccc1)CC(F)(F)F.Fc1c(F)c(F)c([B-](c2c(F)c(F)c(F)c(F)c2F)(c2c(F)c(F)c(F)c(F)c2F)c2c(F)c(F)c(F)c(F)c2F)c(F)c1F. The van der Waals surface area contributed by atoms with Crippen LogP contribution in [-0.4, -0.2) is 25.9 Å². The first-order valence-electron chi connectivity index (χ1n) is 15.3. The van der Waals surface area contributed by atoms with E-state index in [9.17, 15) is 65.9 Å². The van der Waals surface area contributed by atoms with Crippen LogP contribution in [0.1, 0.15) is 5.56 Å². The Morgan fingerprint density at radius 2 is 0.559 bits per heavy atom. The molecule has 0 aliphatic heterocycles. The summed E-state index contributed by atoms with van der Waals surface area (Å²) in [5, 5.41) is 0. The summed E-state index contributed by atoms with van der Waals surface area (Å²) in [7, 11) is 1.54. The lowest BCUT2D eigenvalue weighted by Crippen LogP contribution is -3.09. The van der Waals surface area contributed by atoms with Crippen molar-refractivity contribution in [3.05, 3.63) is 152 Å². The molecule has 25 heteroatoms. The second kappa shape index (κ2) is 16.6. The predicted octanol–water partition coefficient (Wildman–Crippen LogP) is 7.11. The first kappa shape index (κ1) is 46.2. The fraction of sp³-hybridized carbons (Fsp3) is 0.118. The van der Waals surface area contributed by atoms with Crippen LogP contribution in [0.25, 0.3) is 0 Å². The molecule has 0 aliphatic rings. The van der Waals surface area contributed by atoms with Crippen molar-refractivity contribution in [3.8, 4) is 0 Å². The summed E-state index contributed by atoms with van der Waals surface area (Å²) in [5.41, 5.74) is -13.4. The fourth-order valence-electron chi connectivity index (χ4n) is 6.22. The summed E-state index contributed by atoms with van der Waals surface area (Å²) in [5.74, 6) is -71.4. The standard InChI is InChI=1S/C24BF20.C10H12F3N/c26-5-1(6(27)14(35)21(42)13(5)34)25(2-7(28)15(36)22(43)16(37)8(2)29,3-9(30)17(38)23(44)18(39)10(3)31)4-11(32)19(40)24(45)20(41)12(4)33;1-14(8-10(11,12)13)7-9-5-3-2-4-6-9/h;2-6H,7-8H2,1H3/q-1;/p+1. The molecule has 1 N–H and O–H groups in total. The Morgan fingerprint density at radius 3 is 0.763 bits per heavy atom. The molecule has 1 atom stereocenters. The number of hydrogen-bond acceptors (Lipinski definition) is 0. The average Bonchev–Trinajstić information content (AvgIpc) is 3.17. The molecule has 0 amide bonds. The summed E-state index contributed by atoms with van der Waals surface area (Å²) >= 11 is 0. The van der Waals surface area contributed by atoms with E-state index in [4.69, 9.17) is 0 Å². The van der Waals surface area contributed by atoms with Gasteiger partial charge in [-0.05, 0) is 0 Å². The predicted molar refractivity (Wildman–Crippen MR) is 157 cm³/mol. The minimum atomic E-state index is -7.22. The Kier molecular flexibility index (Phi) is 13.0. The van der Waals surface area contributed by atoms with Gasteiger partial charge in [-0.15, -0.1) is 21.9 Å². The normalized spacial score (nSPS) is 12.5. The first-order chi connectivity index (χ1) is 27.2. The summed E-state index contributed by atoms with van der Waals surface area (Å²) in [6.07, 6.45) is -11.3. The van der Waals surface area contributed by atoms with E-state index >= 15 is 35.1 Å². The molecule has 5 aromatic rings. The van der Waals surface area contributed by atoms with Crippen molar-refractivity contribution in [2.45, 2.75) is 12.7 Å². The molecule has 0 heterocycles. The van der Waals surface area contributed by atoms with Gasteiger partial charge in [0.1, 0.15) is 59.2 Å². The minimum absolute atomic E-state index is 0.403. The molecule has 0 saturated carbocycles. The lowest BCUT2D eigenvalue weighted by Gasteiger charge is -2.44. The number of alkyl halides is 3. The summed E-state index contributed by atoms with van der Waals surface area (Å²) in [6, 6.07) is 9.18. The third-order valence-corrected chi connectivity index (χ3v) is 8.56. The lowest BCUT2D eigenvalue weighted by molar-refractivity contribution is -0.904. The summed E-state index contributed by atoms with van der Waals surface area (Å²) in [6.45, 7) is -0.387. The highest BCUT2D eigenvalue weighted by Crippen LogP contribution is 2.30. The van der Waals surface area contributed by atoms with Crippen molar-refractivity contribution >= 4 is 28.0 Å². The third kappa shape index (κ3) is 7.75. The van der Waals surface area contributed by atoms with E-state index in [0.717, 1.165) is 5.56 Å². The largest absolute Gasteiger partial charge is 0.438 e. The van der Waals surface area contributed by atoms with Crippen molar-refractivity contribution in [1.29, 1.82) is 0 Å². The van der Waals surface area contributed by atoms with Crippen molar-refractivity contribution < 1.29 is 106 Å². The molecule has 59 heavy (non-hydrogen) atoms. The van der Waals surface area contributed by atoms with Crippen LogP contribution in [0, 0.1) is 116 Å². The molecule has 5 rings (SSSR count). The second-order valence-corrected chi connectivity index (χ2v) is 12.2. The van der Waals surface area contributed by atoms with Crippen LogP contribution in [0.5, 0.6) is 0 Å². The zero-order valence-electron chi connectivity index (χ0n) is 28.1. The quantitative estimate of drug-likeness (QED) is 0.0771. The molecular formula is C34H13BF23N. The molecule has 0 radical (unpaired) electrons. The van der Waals surface area contributed by atoms with Crippen molar-refractivity contribution in [1.82, 2.24) is 0 Å². The van der Waals surface area contributed by atoms with E-state index in [1.807, 2.05) is 30.3 Å². The highest BCUT2D eigenvalue weighted by Gasteiger charge is 2.52. The second-order valence-electron chi connectivity index (χ2n) is 12.2. The van der Waals surface area contributed by atoms with Crippen molar-refractivity contribution in [3.63, 3.8) is 0 Å². The number of benzene rings is 5. The maximum atomic E-state index is 15.4. The maximum absolute atomic E-state index is 15.4. The summed E-state index contributed by atoms with van der Waals surface area (Å²) in [4.78, 5) is 0.448. The van der Waals surface area contributed by atoms with Gasteiger partial charge in [0.15, 0.2) is 76.4 Å². The van der Waals surface area contributed by atoms with Crippen LogP contribution in [0.15, 0.2) is 30.3 Å². The van der Waals surface area contributed by atoms with Crippen molar-refractivity contribution in [2.75, 3.05) is 13.6 Å². The van der Waals surface area contributed by atoms with Gasteiger partial charge in [-0.2, -0.15) is 13.2 Å². The highest BCUT2D eigenvalue weighted by atomic mass is 19.4. The van der Waals surface area contributed by atoms with Gasteiger partial charge in [-0.3, -0.25) is 0 Å². The van der Waals surface area contributed by atoms with E-state index in [1.165, 1.54) is 0 Å². The van der Waals surface area contributed by atoms with Gasteiger partial charge in [-0.25, -0.2) is 87.8 Å². The minimum Gasteiger partial charge on any atom is -0.326 e. The summed E-state index contributed by atoms with van der Waals surface area (Å²) < 4.78 is 330. The van der Waals surface area contributed by atoms with Gasteiger partial charge in [-0.1, -0.05) is 30.3 Å². The van der Waals surface area contributed by atoms with Gasteiger partial charge in [0.25, 0.3) is 0 Å². The molecule has 0 spiro atoms. The lowest BCUT2D eigenvalue weighted by atomic mass is 9.12. The Bertz CT molecular complexity index is 2070. The maximum Gasteiger partial charge on any atom is 0.438 e. The molecule has 318 valence electrons. The van der Waals surface area contributed by atoms with Crippen LogP contribution in [0.4, 0.5) is 101 Å². The zero-order valence-corrected chi connectivity index (χ0v) is 28.1. The molecule has 0 aromatic heterocycles. The number of quaternary nitrogens is 1. The molecule has 1 nitrogen and oxygen atoms in total. The number of rotatable bonds is 7. The zero-order chi connectivity index (χ0) is 45.0. The third-order valence-electron chi connectivity index (χ3n) is 8.56. The Hall–Kier alpha value is -5.49. The molecule has 0 aliphatic carbocycles. The smallest absolute Gasteiger partial charge is 0.326 e. The van der Waals surface area contributed by atoms with Gasteiger partial charge < -0.3 is 4.90 Å². The highest BCUT2D eigenvalue weighted by molar-refractivity contribution is 7.20. The van der Waals surface area contributed by atoms with Crippen LogP contribution in [0.3, 0.4) is 0 Å². The average molecular weight is 883 g/mol. The Labute approximate surface area is 312 Å². The van der Waals surface area contributed by atoms with Crippen LogP contribution in [0.2, 0.25) is 0 Å². The molecule has 0 fully saturated rings. The molecule has 5 aromatic carbocycles. The van der Waals surface area contributed by atoms with Crippen LogP contribution >= 0.6 is 0 Å². The Morgan fingerprint density at radius 1 is 0.356 bits per heavy atom. The van der Waals surface area contributed by atoms with Crippen LogP contribution in [-0.2, 0) is 6.54 Å². The van der Waals surface area contributed by atoms with E-state index < -0.39 is 157 Å². The van der Waals surface area contributed by atoms with Crippen LogP contribution < -0.4 is 26.8 Å². The van der Waals surface area contributed by atoms with Gasteiger partial charge in [0.05, 0.1) is 7.05 Å². The fourth-order valence-corrected chi connectivity index (χ4v) is 6.22. The number of hydrogen-bond donors (Lipinski definition) is 1. The topological polar surface area (TPSA) is 4.44 Å². The molecular weight excluding hydrogens is 870 g/mol. The number of nitrogens with one attached hydrogen (secondary N) is 1. The van der Waals surface area contributed by atoms with Crippen molar-refractivity contribution in [2.24, 2.45) is 0 Å². The van der Waals surface area contributed by atoms with E-state index in [-0.39, 0.29) is 0 Å². The van der Waals surface area contributed by atoms with E-state index in [2.05, 4.69) is 0 Å². The molecule has 0 saturated heterocycles.